The molecule has 1 aliphatic heterocycles. The molecule has 1 heterocycles. The van der Waals surface area contributed by atoms with Gasteiger partial charge in [-0.15, -0.1) is 4.40 Å². The second-order valence-electron chi connectivity index (χ2n) is 8.37. The van der Waals surface area contributed by atoms with Crippen LogP contribution < -0.4 is 5.32 Å². The summed E-state index contributed by atoms with van der Waals surface area (Å²) in [4.78, 5) is 0.0324. The van der Waals surface area contributed by atoms with Gasteiger partial charge in [-0.2, -0.15) is 13.5 Å². The zero-order chi connectivity index (χ0) is 25.8. The van der Waals surface area contributed by atoms with Crippen LogP contribution in [0.25, 0.3) is 0 Å². The molecule has 0 aromatic heterocycles. The summed E-state index contributed by atoms with van der Waals surface area (Å²) < 4.78 is 30.8. The number of para-hydroxylation sites is 1. The minimum Gasteiger partial charge on any atom is -0.324 e. The van der Waals surface area contributed by atoms with Crippen LogP contribution in [0.4, 0.5) is 5.69 Å². The van der Waals surface area contributed by atoms with E-state index in [-0.39, 0.29) is 16.8 Å². The summed E-state index contributed by atoms with van der Waals surface area (Å²) in [5, 5.41) is 10.7. The van der Waals surface area contributed by atoms with Gasteiger partial charge in [-0.3, -0.25) is 0 Å². The molecule has 4 aromatic carbocycles. The lowest BCUT2D eigenvalue weighted by atomic mass is 9.91. The van der Waals surface area contributed by atoms with Crippen LogP contribution in [0, 0.1) is 0 Å². The van der Waals surface area contributed by atoms with Crippen molar-refractivity contribution >= 4 is 50.6 Å². The van der Waals surface area contributed by atoms with Gasteiger partial charge in [0.1, 0.15) is 0 Å². The lowest BCUT2D eigenvalue weighted by Gasteiger charge is -2.19. The Morgan fingerprint density at radius 1 is 0.811 bits per heavy atom. The maximum absolute atomic E-state index is 13.3. The Kier molecular flexibility index (Phi) is 7.28. The van der Waals surface area contributed by atoms with E-state index >= 15 is 0 Å². The Labute approximate surface area is 225 Å². The van der Waals surface area contributed by atoms with Crippen molar-refractivity contribution in [2.24, 2.45) is 9.50 Å². The number of hydrogen-bond acceptors (Lipinski definition) is 3. The maximum Gasteiger partial charge on any atom is 0.285 e. The highest BCUT2D eigenvalue weighted by Gasteiger charge is 2.32. The summed E-state index contributed by atoms with van der Waals surface area (Å²) in [7, 11) is -4.07. The molecule has 37 heavy (non-hydrogen) atoms. The van der Waals surface area contributed by atoms with E-state index in [1.807, 2.05) is 84.9 Å². The summed E-state index contributed by atoms with van der Waals surface area (Å²) in [6.07, 6.45) is 0. The third-order valence-corrected chi connectivity index (χ3v) is 7.63. The lowest BCUT2D eigenvalue weighted by molar-refractivity contribution is 0.474. The van der Waals surface area contributed by atoms with E-state index in [1.165, 1.54) is 24.3 Å². The number of hydrogen-bond donors (Lipinski definition) is 1. The standard InChI is InChI=1S/C28H22Cl2N4O2S/c29-22-13-11-21(12-14-22)27-26(20-7-3-1-4-8-20)19-34(32-27)28(31-24-9-5-2-6-10-24)33-37(35,36)25-17-15-23(30)16-18-25/h1-18,26H,19H2,(H,31,33). The number of sulfonamides is 1. The van der Waals surface area contributed by atoms with Crippen LogP contribution in [0.15, 0.2) is 124 Å². The molecule has 0 saturated carbocycles. The minimum absolute atomic E-state index is 0.0324. The normalized spacial score (nSPS) is 15.9. The number of nitrogens with zero attached hydrogens (tertiary/aromatic N) is 3. The minimum atomic E-state index is -4.07. The van der Waals surface area contributed by atoms with E-state index in [9.17, 15) is 8.42 Å². The molecule has 186 valence electrons. The first-order valence-electron chi connectivity index (χ1n) is 11.5. The molecule has 0 saturated heterocycles. The summed E-state index contributed by atoms with van der Waals surface area (Å²) in [5.74, 6) is -0.0329. The van der Waals surface area contributed by atoms with Crippen LogP contribution in [0.5, 0.6) is 0 Å². The molecule has 1 atom stereocenters. The van der Waals surface area contributed by atoms with Gasteiger partial charge in [0.2, 0.25) is 5.96 Å². The van der Waals surface area contributed by atoms with E-state index < -0.39 is 10.0 Å². The van der Waals surface area contributed by atoms with Crippen molar-refractivity contribution in [3.05, 3.63) is 130 Å². The zero-order valence-electron chi connectivity index (χ0n) is 19.5. The highest BCUT2D eigenvalue weighted by molar-refractivity contribution is 7.90. The number of nitrogens with one attached hydrogen (secondary N) is 1. The van der Waals surface area contributed by atoms with E-state index in [2.05, 4.69) is 9.71 Å². The molecule has 1 unspecified atom stereocenters. The Bertz CT molecular complexity index is 1540. The molecule has 4 aromatic rings. The molecule has 0 fully saturated rings. The van der Waals surface area contributed by atoms with Gasteiger partial charge in [0.15, 0.2) is 0 Å². The van der Waals surface area contributed by atoms with Gasteiger partial charge in [0.25, 0.3) is 10.0 Å². The first-order chi connectivity index (χ1) is 17.9. The highest BCUT2D eigenvalue weighted by atomic mass is 35.5. The predicted molar refractivity (Wildman–Crippen MR) is 150 cm³/mol. The second kappa shape index (κ2) is 10.8. The molecule has 0 aliphatic carbocycles. The zero-order valence-corrected chi connectivity index (χ0v) is 21.8. The van der Waals surface area contributed by atoms with E-state index in [0.29, 0.717) is 22.3 Å². The van der Waals surface area contributed by atoms with Gasteiger partial charge < -0.3 is 5.32 Å². The van der Waals surface area contributed by atoms with Crippen molar-refractivity contribution in [2.45, 2.75) is 10.8 Å². The third-order valence-electron chi connectivity index (χ3n) is 5.85. The van der Waals surface area contributed by atoms with Crippen molar-refractivity contribution in [1.82, 2.24) is 5.01 Å². The van der Waals surface area contributed by atoms with Crippen LogP contribution in [0.2, 0.25) is 10.0 Å². The van der Waals surface area contributed by atoms with Gasteiger partial charge in [0.05, 0.1) is 17.2 Å². The fourth-order valence-electron chi connectivity index (χ4n) is 4.02. The Morgan fingerprint density at radius 3 is 2.00 bits per heavy atom. The SMILES string of the molecule is O=S(=O)(/N=C(/Nc1ccccc1)N1CC(c2ccccc2)C(c2ccc(Cl)cc2)=N1)c1ccc(Cl)cc1. The monoisotopic (exact) mass is 548 g/mol. The number of hydrazone groups is 1. The maximum atomic E-state index is 13.3. The van der Waals surface area contributed by atoms with E-state index in [1.54, 1.807) is 5.01 Å². The number of anilines is 1. The second-order valence-corrected chi connectivity index (χ2v) is 10.8. The smallest absolute Gasteiger partial charge is 0.285 e. The Hall–Kier alpha value is -3.65. The average Bonchev–Trinajstić information content (AvgIpc) is 3.36. The van der Waals surface area contributed by atoms with Crippen molar-refractivity contribution < 1.29 is 8.42 Å². The quantitative estimate of drug-likeness (QED) is 0.223. The van der Waals surface area contributed by atoms with Crippen LogP contribution in [0.1, 0.15) is 17.0 Å². The summed E-state index contributed by atoms with van der Waals surface area (Å²) in [5.41, 5.74) is 3.41. The Morgan fingerprint density at radius 2 is 1.38 bits per heavy atom. The number of halogens is 2. The molecular formula is C28H22Cl2N4O2S. The van der Waals surface area contributed by atoms with Gasteiger partial charge in [-0.25, -0.2) is 5.01 Å². The first kappa shape index (κ1) is 25.0. The van der Waals surface area contributed by atoms with Gasteiger partial charge >= 0.3 is 0 Å². The number of benzene rings is 4. The molecule has 0 spiro atoms. The molecule has 6 nitrogen and oxygen atoms in total. The van der Waals surface area contributed by atoms with Crippen LogP contribution in [0.3, 0.4) is 0 Å². The molecule has 5 rings (SSSR count). The first-order valence-corrected chi connectivity index (χ1v) is 13.7. The van der Waals surface area contributed by atoms with Crippen molar-refractivity contribution in [2.75, 3.05) is 11.9 Å². The van der Waals surface area contributed by atoms with E-state index in [4.69, 9.17) is 28.3 Å². The largest absolute Gasteiger partial charge is 0.324 e. The van der Waals surface area contributed by atoms with Gasteiger partial charge in [-0.1, -0.05) is 83.9 Å². The summed E-state index contributed by atoms with van der Waals surface area (Å²) >= 11 is 12.1. The van der Waals surface area contributed by atoms with Gasteiger partial charge in [0, 0.05) is 21.7 Å². The summed E-state index contributed by atoms with van der Waals surface area (Å²) in [6.45, 7) is 0.386. The molecule has 1 aliphatic rings. The topological polar surface area (TPSA) is 74.1 Å². The highest BCUT2D eigenvalue weighted by Crippen LogP contribution is 2.30. The molecular weight excluding hydrogens is 527 g/mol. The van der Waals surface area contributed by atoms with Crippen LogP contribution in [-0.2, 0) is 10.0 Å². The van der Waals surface area contributed by atoms with Crippen molar-refractivity contribution in [3.8, 4) is 0 Å². The molecule has 0 bridgehead atoms. The number of rotatable bonds is 5. The number of guanidine groups is 1. The predicted octanol–water partition coefficient (Wildman–Crippen LogP) is 6.65. The lowest BCUT2D eigenvalue weighted by Crippen LogP contribution is -2.33. The van der Waals surface area contributed by atoms with Crippen LogP contribution in [-0.4, -0.2) is 31.6 Å². The van der Waals surface area contributed by atoms with Crippen LogP contribution >= 0.6 is 23.2 Å². The van der Waals surface area contributed by atoms with Gasteiger partial charge in [-0.05, 0) is 59.7 Å². The fraction of sp³-hybridized carbons (Fsp3) is 0.0714. The van der Waals surface area contributed by atoms with Crippen molar-refractivity contribution in [1.29, 1.82) is 0 Å². The molecule has 0 radical (unpaired) electrons. The molecule has 0 amide bonds. The average molecular weight is 549 g/mol. The summed E-state index contributed by atoms with van der Waals surface area (Å²) in [6, 6.07) is 32.6. The third kappa shape index (κ3) is 5.85. The van der Waals surface area contributed by atoms with Crippen molar-refractivity contribution in [3.63, 3.8) is 0 Å². The van der Waals surface area contributed by atoms with E-state index in [0.717, 1.165) is 16.8 Å². The molecule has 1 N–H and O–H groups in total. The fourth-order valence-corrected chi connectivity index (χ4v) is 5.23. The molecule has 9 heteroatoms. The Balaban J connectivity index is 1.59.